The van der Waals surface area contributed by atoms with Gasteiger partial charge in [-0.25, -0.2) is 13.8 Å². The van der Waals surface area contributed by atoms with E-state index in [1.165, 1.54) is 6.20 Å². The van der Waals surface area contributed by atoms with E-state index in [2.05, 4.69) is 4.98 Å². The molecule has 0 fully saturated rings. The van der Waals surface area contributed by atoms with Gasteiger partial charge in [-0.15, -0.1) is 11.3 Å². The average molecular weight is 189 g/mol. The van der Waals surface area contributed by atoms with Crippen LogP contribution in [-0.2, 0) is 5.82 Å². The Labute approximate surface area is 75.2 Å². The number of hydrogen-bond donors (Lipinski definition) is 0. The van der Waals surface area contributed by atoms with Crippen molar-refractivity contribution in [1.29, 1.82) is 0 Å². The van der Waals surface area contributed by atoms with Crippen LogP contribution in [0.2, 0.25) is 0 Å². The lowest BCUT2D eigenvalue weighted by atomic mass is 10.0. The van der Waals surface area contributed by atoms with Crippen molar-refractivity contribution in [2.45, 2.75) is 25.6 Å². The maximum atomic E-state index is 12.7. The minimum atomic E-state index is -2.79. The summed E-state index contributed by atoms with van der Waals surface area (Å²) in [6, 6.07) is 0. The summed E-state index contributed by atoms with van der Waals surface area (Å²) >= 11 is 1.09. The molecule has 0 atom stereocenters. The van der Waals surface area contributed by atoms with E-state index >= 15 is 0 Å². The molecule has 0 aliphatic rings. The van der Waals surface area contributed by atoms with Crippen LogP contribution in [0.25, 0.3) is 0 Å². The van der Waals surface area contributed by atoms with E-state index < -0.39 is 5.82 Å². The first-order chi connectivity index (χ1) is 5.41. The van der Waals surface area contributed by atoms with Gasteiger partial charge in [-0.2, -0.15) is 0 Å². The minimum Gasteiger partial charge on any atom is -0.244 e. The molecule has 0 aromatic carbocycles. The molecule has 0 aliphatic carbocycles. The summed E-state index contributed by atoms with van der Waals surface area (Å²) < 4.78 is 25.4. The highest BCUT2D eigenvalue weighted by Gasteiger charge is 2.28. The SMILES string of the molecule is BC(F)(F)c1ncc(C(C)C)s1. The van der Waals surface area contributed by atoms with Crippen molar-refractivity contribution < 1.29 is 8.78 Å². The second-order valence-corrected chi connectivity index (χ2v) is 4.17. The Morgan fingerprint density at radius 3 is 2.42 bits per heavy atom. The van der Waals surface area contributed by atoms with Crippen LogP contribution < -0.4 is 0 Å². The number of rotatable bonds is 2. The van der Waals surface area contributed by atoms with Crippen LogP contribution in [0.4, 0.5) is 8.78 Å². The molecule has 0 saturated heterocycles. The van der Waals surface area contributed by atoms with Crippen LogP contribution in [0.1, 0.15) is 29.7 Å². The second-order valence-electron chi connectivity index (χ2n) is 3.11. The molecule has 0 radical (unpaired) electrons. The van der Waals surface area contributed by atoms with Gasteiger partial charge in [-0.3, -0.25) is 0 Å². The Bertz CT molecular complexity index is 267. The van der Waals surface area contributed by atoms with E-state index in [1.54, 1.807) is 0 Å². The lowest BCUT2D eigenvalue weighted by molar-refractivity contribution is 0.0938. The molecule has 0 amide bonds. The van der Waals surface area contributed by atoms with Crippen LogP contribution in [0.3, 0.4) is 0 Å². The zero-order valence-electron chi connectivity index (χ0n) is 7.27. The van der Waals surface area contributed by atoms with E-state index in [0.717, 1.165) is 24.1 Å². The molecule has 66 valence electrons. The molecule has 5 heteroatoms. The van der Waals surface area contributed by atoms with E-state index in [4.69, 9.17) is 0 Å². The van der Waals surface area contributed by atoms with Crippen LogP contribution in [0, 0.1) is 0 Å². The average Bonchev–Trinajstić information content (AvgIpc) is 2.30. The molecule has 0 aliphatic heterocycles. The Balaban J connectivity index is 2.92. The van der Waals surface area contributed by atoms with Gasteiger partial charge in [-0.1, -0.05) is 13.8 Å². The third-order valence-electron chi connectivity index (χ3n) is 1.47. The molecule has 0 spiro atoms. The lowest BCUT2D eigenvalue weighted by Gasteiger charge is -2.04. The largest absolute Gasteiger partial charge is 0.256 e. The summed E-state index contributed by atoms with van der Waals surface area (Å²) in [5.41, 5.74) is 0. The van der Waals surface area contributed by atoms with Crippen LogP contribution in [-0.4, -0.2) is 12.8 Å². The number of nitrogens with zero attached hydrogens (tertiary/aromatic N) is 1. The first-order valence-corrected chi connectivity index (χ1v) is 4.57. The van der Waals surface area contributed by atoms with E-state index in [9.17, 15) is 8.78 Å². The molecule has 1 aromatic heterocycles. The molecule has 1 nitrogen and oxygen atoms in total. The zero-order chi connectivity index (χ0) is 9.35. The van der Waals surface area contributed by atoms with Gasteiger partial charge in [-0.05, 0) is 5.92 Å². The van der Waals surface area contributed by atoms with Crippen molar-refractivity contribution in [2.24, 2.45) is 0 Å². The van der Waals surface area contributed by atoms with E-state index in [1.807, 2.05) is 13.8 Å². The third-order valence-corrected chi connectivity index (χ3v) is 2.94. The highest BCUT2D eigenvalue weighted by Crippen LogP contribution is 2.30. The molecule has 1 aromatic rings. The molecular formula is C7H10BF2NS. The summed E-state index contributed by atoms with van der Waals surface area (Å²) in [7, 11) is 0.871. The van der Waals surface area contributed by atoms with Crippen molar-refractivity contribution in [3.8, 4) is 0 Å². The Morgan fingerprint density at radius 2 is 2.17 bits per heavy atom. The van der Waals surface area contributed by atoms with Gasteiger partial charge in [0.1, 0.15) is 0 Å². The number of aromatic nitrogens is 1. The van der Waals surface area contributed by atoms with Gasteiger partial charge in [0.2, 0.25) is 7.85 Å². The Morgan fingerprint density at radius 1 is 1.58 bits per heavy atom. The monoisotopic (exact) mass is 189 g/mol. The van der Waals surface area contributed by atoms with Crippen molar-refractivity contribution in [3.63, 3.8) is 0 Å². The van der Waals surface area contributed by atoms with Gasteiger partial charge < -0.3 is 0 Å². The minimum absolute atomic E-state index is 0.0915. The first kappa shape index (κ1) is 9.64. The highest BCUT2D eigenvalue weighted by atomic mass is 32.1. The van der Waals surface area contributed by atoms with Gasteiger partial charge in [0.25, 0.3) is 5.82 Å². The van der Waals surface area contributed by atoms with Gasteiger partial charge >= 0.3 is 0 Å². The van der Waals surface area contributed by atoms with Gasteiger partial charge in [0, 0.05) is 11.1 Å². The highest BCUT2D eigenvalue weighted by molar-refractivity contribution is 7.12. The Hall–Kier alpha value is -0.445. The molecule has 1 heterocycles. The summed E-state index contributed by atoms with van der Waals surface area (Å²) in [6.07, 6.45) is 1.53. The zero-order valence-corrected chi connectivity index (χ0v) is 8.08. The van der Waals surface area contributed by atoms with Crippen LogP contribution in [0.5, 0.6) is 0 Å². The number of thiazole rings is 1. The van der Waals surface area contributed by atoms with Crippen molar-refractivity contribution in [1.82, 2.24) is 4.98 Å². The molecular weight excluding hydrogens is 179 g/mol. The number of halogens is 2. The fourth-order valence-corrected chi connectivity index (χ4v) is 1.61. The van der Waals surface area contributed by atoms with Gasteiger partial charge in [0.05, 0.1) is 0 Å². The maximum absolute atomic E-state index is 12.7. The standard InChI is InChI=1S/C7H10BF2NS/c1-4(2)5-3-11-6(12-5)7(8,9)10/h3-4H,8H2,1-2H3. The number of hydrogen-bond acceptors (Lipinski definition) is 2. The van der Waals surface area contributed by atoms with E-state index in [0.29, 0.717) is 0 Å². The molecule has 0 N–H and O–H groups in total. The topological polar surface area (TPSA) is 12.9 Å². The smallest absolute Gasteiger partial charge is 0.244 e. The number of alkyl halides is 2. The third kappa shape index (κ3) is 2.03. The molecule has 12 heavy (non-hydrogen) atoms. The summed E-state index contributed by atoms with van der Waals surface area (Å²) in [5, 5.41) is -0.0915. The van der Waals surface area contributed by atoms with Crippen molar-refractivity contribution >= 4 is 19.2 Å². The maximum Gasteiger partial charge on any atom is 0.256 e. The second kappa shape index (κ2) is 3.13. The summed E-state index contributed by atoms with van der Waals surface area (Å²) in [4.78, 5) is 4.59. The quantitative estimate of drug-likeness (QED) is 0.648. The van der Waals surface area contributed by atoms with Crippen LogP contribution in [0.15, 0.2) is 6.20 Å². The van der Waals surface area contributed by atoms with Gasteiger partial charge in [0.15, 0.2) is 5.01 Å². The van der Waals surface area contributed by atoms with Crippen molar-refractivity contribution in [2.75, 3.05) is 0 Å². The normalized spacial score (nSPS) is 12.4. The van der Waals surface area contributed by atoms with Crippen LogP contribution >= 0.6 is 11.3 Å². The van der Waals surface area contributed by atoms with Crippen molar-refractivity contribution in [3.05, 3.63) is 16.1 Å². The molecule has 0 saturated carbocycles. The predicted molar refractivity (Wildman–Crippen MR) is 48.6 cm³/mol. The molecule has 0 unspecified atom stereocenters. The fourth-order valence-electron chi connectivity index (χ4n) is 0.756. The first-order valence-electron chi connectivity index (χ1n) is 3.75. The Kier molecular flexibility index (Phi) is 2.51. The molecule has 1 rings (SSSR count). The molecule has 0 bridgehead atoms. The summed E-state index contributed by atoms with van der Waals surface area (Å²) in [6.45, 7) is 3.93. The van der Waals surface area contributed by atoms with E-state index in [-0.39, 0.29) is 10.9 Å². The lowest BCUT2D eigenvalue weighted by Crippen LogP contribution is -2.11. The predicted octanol–water partition coefficient (Wildman–Crippen LogP) is 1.95. The fraction of sp³-hybridized carbons (Fsp3) is 0.571. The summed E-state index contributed by atoms with van der Waals surface area (Å²) in [5.74, 6) is -2.52.